The summed E-state index contributed by atoms with van der Waals surface area (Å²) in [7, 11) is 1.74. The summed E-state index contributed by atoms with van der Waals surface area (Å²) in [5.41, 5.74) is 0.434. The Morgan fingerprint density at radius 1 is 1.50 bits per heavy atom. The van der Waals surface area contributed by atoms with Gasteiger partial charge in [-0.15, -0.1) is 11.3 Å². The zero-order chi connectivity index (χ0) is 13.1. The van der Waals surface area contributed by atoms with Crippen LogP contribution >= 0.6 is 34.5 Å². The second-order valence-electron chi connectivity index (χ2n) is 3.74. The van der Waals surface area contributed by atoms with Gasteiger partial charge >= 0.3 is 0 Å². The van der Waals surface area contributed by atoms with E-state index in [-0.39, 0.29) is 16.1 Å². The summed E-state index contributed by atoms with van der Waals surface area (Å²) in [6.07, 6.45) is 1.43. The van der Waals surface area contributed by atoms with Crippen LogP contribution in [0, 0.1) is 0 Å². The monoisotopic (exact) mass is 300 g/mol. The maximum Gasteiger partial charge on any atom is 0.255 e. The molecule has 0 aliphatic rings. The first-order valence-electron chi connectivity index (χ1n) is 5.17. The van der Waals surface area contributed by atoms with Crippen molar-refractivity contribution in [2.24, 2.45) is 0 Å². The van der Waals surface area contributed by atoms with Gasteiger partial charge < -0.3 is 4.90 Å². The van der Waals surface area contributed by atoms with Gasteiger partial charge in [-0.3, -0.25) is 4.79 Å². The lowest BCUT2D eigenvalue weighted by atomic mass is 10.2. The van der Waals surface area contributed by atoms with Crippen LogP contribution in [0.5, 0.6) is 0 Å². The maximum atomic E-state index is 12.1. The average Bonchev–Trinajstić information content (AvgIpc) is 2.84. The summed E-state index contributed by atoms with van der Waals surface area (Å²) >= 11 is 13.2. The molecular formula is C12H10Cl2N2OS. The number of amides is 1. The summed E-state index contributed by atoms with van der Waals surface area (Å²) in [6, 6.07) is 5.48. The van der Waals surface area contributed by atoms with Crippen LogP contribution in [0.2, 0.25) is 10.2 Å². The second kappa shape index (κ2) is 5.69. The third-order valence-corrected chi connectivity index (χ3v) is 3.91. The topological polar surface area (TPSA) is 33.2 Å². The zero-order valence-corrected chi connectivity index (χ0v) is 11.9. The first-order valence-corrected chi connectivity index (χ1v) is 6.80. The van der Waals surface area contributed by atoms with Gasteiger partial charge in [-0.2, -0.15) is 0 Å². The predicted octanol–water partition coefficient (Wildman–Crippen LogP) is 3.72. The molecule has 0 N–H and O–H groups in total. The number of nitrogens with zero attached hydrogens (tertiary/aromatic N) is 2. The van der Waals surface area contributed by atoms with Crippen LogP contribution in [0.1, 0.15) is 15.2 Å². The van der Waals surface area contributed by atoms with E-state index in [9.17, 15) is 4.79 Å². The molecule has 0 aliphatic heterocycles. The first-order chi connectivity index (χ1) is 8.58. The molecule has 1 amide bonds. The number of pyridine rings is 1. The van der Waals surface area contributed by atoms with Crippen molar-refractivity contribution in [1.82, 2.24) is 9.88 Å². The Kier molecular flexibility index (Phi) is 4.22. The van der Waals surface area contributed by atoms with E-state index in [1.807, 2.05) is 17.5 Å². The highest BCUT2D eigenvalue weighted by Crippen LogP contribution is 2.21. The van der Waals surface area contributed by atoms with Gasteiger partial charge in [0, 0.05) is 18.1 Å². The van der Waals surface area contributed by atoms with Crippen molar-refractivity contribution in [1.29, 1.82) is 0 Å². The molecule has 2 aromatic rings. The van der Waals surface area contributed by atoms with Crippen LogP contribution in [0.25, 0.3) is 0 Å². The molecule has 2 heterocycles. The van der Waals surface area contributed by atoms with Gasteiger partial charge in [-0.1, -0.05) is 29.3 Å². The lowest BCUT2D eigenvalue weighted by Gasteiger charge is -2.16. The fourth-order valence-corrected chi connectivity index (χ4v) is 2.49. The molecule has 3 nitrogen and oxygen atoms in total. The van der Waals surface area contributed by atoms with Crippen LogP contribution in [0.4, 0.5) is 0 Å². The zero-order valence-electron chi connectivity index (χ0n) is 9.56. The van der Waals surface area contributed by atoms with Crippen LogP contribution < -0.4 is 0 Å². The summed E-state index contributed by atoms with van der Waals surface area (Å²) in [5.74, 6) is -0.130. The van der Waals surface area contributed by atoms with Crippen LogP contribution in [0.3, 0.4) is 0 Å². The van der Waals surface area contributed by atoms with Gasteiger partial charge in [0.05, 0.1) is 17.1 Å². The van der Waals surface area contributed by atoms with E-state index in [1.165, 1.54) is 12.3 Å². The Morgan fingerprint density at radius 2 is 2.28 bits per heavy atom. The smallest absolute Gasteiger partial charge is 0.255 e. The largest absolute Gasteiger partial charge is 0.337 e. The Labute approximate surface area is 119 Å². The Balaban J connectivity index is 2.12. The quantitative estimate of drug-likeness (QED) is 0.809. The predicted molar refractivity (Wildman–Crippen MR) is 74.4 cm³/mol. The highest BCUT2D eigenvalue weighted by Gasteiger charge is 2.14. The molecule has 0 fully saturated rings. The minimum Gasteiger partial charge on any atom is -0.337 e. The van der Waals surface area contributed by atoms with Gasteiger partial charge in [-0.05, 0) is 17.5 Å². The van der Waals surface area contributed by atoms with Crippen molar-refractivity contribution >= 4 is 40.4 Å². The molecule has 18 heavy (non-hydrogen) atoms. The molecule has 0 radical (unpaired) electrons. The molecule has 0 saturated carbocycles. The van der Waals surface area contributed by atoms with Gasteiger partial charge in [0.2, 0.25) is 0 Å². The molecule has 0 spiro atoms. The van der Waals surface area contributed by atoms with E-state index < -0.39 is 0 Å². The van der Waals surface area contributed by atoms with Crippen LogP contribution in [-0.2, 0) is 6.54 Å². The molecule has 0 saturated heterocycles. The number of carbonyl (C=O) groups excluding carboxylic acids is 1. The number of hydrogen-bond acceptors (Lipinski definition) is 3. The van der Waals surface area contributed by atoms with E-state index in [4.69, 9.17) is 23.2 Å². The molecule has 6 heteroatoms. The third kappa shape index (κ3) is 3.02. The van der Waals surface area contributed by atoms with E-state index >= 15 is 0 Å². The molecule has 2 aromatic heterocycles. The summed E-state index contributed by atoms with van der Waals surface area (Å²) in [5, 5.41) is 2.47. The van der Waals surface area contributed by atoms with E-state index in [2.05, 4.69) is 4.98 Å². The normalized spacial score (nSPS) is 10.4. The van der Waals surface area contributed by atoms with Crippen molar-refractivity contribution < 1.29 is 4.79 Å². The SMILES string of the molecule is CN(Cc1cccs1)C(=O)c1cnc(Cl)c(Cl)c1. The van der Waals surface area contributed by atoms with Crippen molar-refractivity contribution in [2.45, 2.75) is 6.54 Å². The van der Waals surface area contributed by atoms with E-state index in [1.54, 1.807) is 23.3 Å². The average molecular weight is 301 g/mol. The molecular weight excluding hydrogens is 291 g/mol. The molecule has 0 aliphatic carbocycles. The van der Waals surface area contributed by atoms with Gasteiger partial charge in [0.15, 0.2) is 0 Å². The van der Waals surface area contributed by atoms with Crippen LogP contribution in [-0.4, -0.2) is 22.8 Å². The number of thiophene rings is 1. The lowest BCUT2D eigenvalue weighted by Crippen LogP contribution is -2.25. The summed E-state index contributed by atoms with van der Waals surface area (Å²) in [4.78, 5) is 18.7. The number of rotatable bonds is 3. The fraction of sp³-hybridized carbons (Fsp3) is 0.167. The standard InChI is InChI=1S/C12H10Cl2N2OS/c1-16(7-9-3-2-4-18-9)12(17)8-5-10(13)11(14)15-6-8/h2-6H,7H2,1H3. The van der Waals surface area contributed by atoms with Crippen molar-refractivity contribution in [3.05, 3.63) is 50.4 Å². The Morgan fingerprint density at radius 3 is 2.89 bits per heavy atom. The highest BCUT2D eigenvalue weighted by molar-refractivity contribution is 7.09. The number of hydrogen-bond donors (Lipinski definition) is 0. The molecule has 94 valence electrons. The summed E-state index contributed by atoms with van der Waals surface area (Å²) in [6.45, 7) is 0.566. The third-order valence-electron chi connectivity index (χ3n) is 2.36. The molecule has 0 aromatic carbocycles. The number of carbonyl (C=O) groups is 1. The molecule has 2 rings (SSSR count). The van der Waals surface area contributed by atoms with Gasteiger partial charge in [0.25, 0.3) is 5.91 Å². The Bertz CT molecular complexity index is 557. The highest BCUT2D eigenvalue weighted by atomic mass is 35.5. The Hall–Kier alpha value is -1.10. The number of aromatic nitrogens is 1. The minimum absolute atomic E-state index is 0.130. The van der Waals surface area contributed by atoms with Crippen molar-refractivity contribution in [2.75, 3.05) is 7.05 Å². The first kappa shape index (κ1) is 13.3. The van der Waals surface area contributed by atoms with Gasteiger partial charge in [0.1, 0.15) is 5.15 Å². The summed E-state index contributed by atoms with van der Waals surface area (Å²) < 4.78 is 0. The fourth-order valence-electron chi connectivity index (χ4n) is 1.47. The molecule has 0 atom stereocenters. The second-order valence-corrected chi connectivity index (χ2v) is 5.53. The maximum absolute atomic E-state index is 12.1. The molecule has 0 bridgehead atoms. The van der Waals surface area contributed by atoms with Crippen molar-refractivity contribution in [3.8, 4) is 0 Å². The van der Waals surface area contributed by atoms with Crippen molar-refractivity contribution in [3.63, 3.8) is 0 Å². The minimum atomic E-state index is -0.130. The van der Waals surface area contributed by atoms with Gasteiger partial charge in [-0.25, -0.2) is 4.98 Å². The molecule has 0 unspecified atom stereocenters. The van der Waals surface area contributed by atoms with Crippen LogP contribution in [0.15, 0.2) is 29.8 Å². The lowest BCUT2D eigenvalue weighted by molar-refractivity contribution is 0.0786. The van der Waals surface area contributed by atoms with E-state index in [0.29, 0.717) is 12.1 Å². The number of halogens is 2. The van der Waals surface area contributed by atoms with E-state index in [0.717, 1.165) is 4.88 Å².